The smallest absolute Gasteiger partial charge is 0.300 e. The van der Waals surface area contributed by atoms with Crippen molar-refractivity contribution in [3.8, 4) is 5.75 Å². The largest absolute Gasteiger partial charge is 0.483 e. The molecule has 1 amide bonds. The third kappa shape index (κ3) is 4.58. The predicted molar refractivity (Wildman–Crippen MR) is 109 cm³/mol. The highest BCUT2D eigenvalue weighted by molar-refractivity contribution is 9.10. The normalized spacial score (nSPS) is 10.4. The zero-order valence-electron chi connectivity index (χ0n) is 14.6. The number of nitro groups is 2. The van der Waals surface area contributed by atoms with Crippen LogP contribution in [0.3, 0.4) is 0 Å². The lowest BCUT2D eigenvalue weighted by Gasteiger charge is -2.12. The molecule has 3 aromatic carbocycles. The van der Waals surface area contributed by atoms with Gasteiger partial charge in [-0.2, -0.15) is 0 Å². The van der Waals surface area contributed by atoms with Crippen molar-refractivity contribution in [2.45, 2.75) is 0 Å². The van der Waals surface area contributed by atoms with Crippen molar-refractivity contribution in [3.63, 3.8) is 0 Å². The molecule has 0 saturated heterocycles. The molecule has 11 heteroatoms. The SMILES string of the molecule is O=C(COc1ccc2ccccc2c1Br)NNc1ccc([N+](=O)[O-])cc1[N+](=O)[O-]. The first kappa shape index (κ1) is 20.0. The molecule has 0 bridgehead atoms. The highest BCUT2D eigenvalue weighted by atomic mass is 79.9. The number of non-ortho nitro benzene ring substituents is 1. The molecule has 0 atom stereocenters. The summed E-state index contributed by atoms with van der Waals surface area (Å²) in [5.41, 5.74) is 3.58. The molecule has 0 aromatic heterocycles. The molecule has 0 radical (unpaired) electrons. The molecule has 0 heterocycles. The summed E-state index contributed by atoms with van der Waals surface area (Å²) in [5.74, 6) is -0.141. The number of halogens is 1. The van der Waals surface area contributed by atoms with E-state index in [-0.39, 0.29) is 12.3 Å². The Morgan fingerprint density at radius 2 is 1.79 bits per heavy atom. The summed E-state index contributed by atoms with van der Waals surface area (Å²) in [7, 11) is 0. The molecule has 0 unspecified atom stereocenters. The van der Waals surface area contributed by atoms with Crippen LogP contribution in [-0.2, 0) is 4.79 Å². The monoisotopic (exact) mass is 460 g/mol. The van der Waals surface area contributed by atoms with Crippen LogP contribution in [0.25, 0.3) is 10.8 Å². The minimum Gasteiger partial charge on any atom is -0.483 e. The standard InChI is InChI=1S/C18H13BrN4O6/c19-18-13-4-2-1-3-11(13)5-8-16(18)29-10-17(24)21-20-14-7-6-12(22(25)26)9-15(14)23(27)28/h1-9,20H,10H2,(H,21,24). The third-order valence-corrected chi connectivity index (χ3v) is 4.73. The molecule has 10 nitrogen and oxygen atoms in total. The van der Waals surface area contributed by atoms with Gasteiger partial charge in [-0.25, -0.2) is 0 Å². The van der Waals surface area contributed by atoms with Gasteiger partial charge in [-0.05, 0) is 38.8 Å². The fourth-order valence-corrected chi connectivity index (χ4v) is 3.14. The quantitative estimate of drug-likeness (QED) is 0.402. The number of hydrogen-bond donors (Lipinski definition) is 2. The van der Waals surface area contributed by atoms with E-state index in [2.05, 4.69) is 26.8 Å². The number of fused-ring (bicyclic) bond motifs is 1. The third-order valence-electron chi connectivity index (χ3n) is 3.91. The van der Waals surface area contributed by atoms with Gasteiger partial charge in [-0.15, -0.1) is 0 Å². The number of amides is 1. The number of hydrazine groups is 1. The summed E-state index contributed by atoms with van der Waals surface area (Å²) >= 11 is 3.45. The van der Waals surface area contributed by atoms with Crippen LogP contribution in [-0.4, -0.2) is 22.4 Å². The Morgan fingerprint density at radius 3 is 2.52 bits per heavy atom. The van der Waals surface area contributed by atoms with Crippen molar-refractivity contribution in [2.75, 3.05) is 12.0 Å². The number of benzene rings is 3. The molecule has 0 fully saturated rings. The summed E-state index contributed by atoms with van der Waals surface area (Å²) in [4.78, 5) is 32.3. The van der Waals surface area contributed by atoms with Gasteiger partial charge in [0.25, 0.3) is 11.6 Å². The molecule has 0 aliphatic rings. The minimum atomic E-state index is -0.788. The van der Waals surface area contributed by atoms with Gasteiger partial charge in [0.2, 0.25) is 0 Å². The van der Waals surface area contributed by atoms with E-state index in [0.717, 1.165) is 29.0 Å². The molecule has 0 saturated carbocycles. The maximum atomic E-state index is 12.0. The maximum absolute atomic E-state index is 12.0. The van der Waals surface area contributed by atoms with E-state index >= 15 is 0 Å². The Balaban J connectivity index is 1.64. The van der Waals surface area contributed by atoms with Crippen molar-refractivity contribution in [2.24, 2.45) is 0 Å². The summed E-state index contributed by atoms with van der Waals surface area (Å²) in [6.45, 7) is -0.356. The van der Waals surface area contributed by atoms with Crippen molar-refractivity contribution >= 4 is 49.7 Å². The second-order valence-electron chi connectivity index (χ2n) is 5.78. The average Bonchev–Trinajstić information content (AvgIpc) is 2.71. The van der Waals surface area contributed by atoms with Gasteiger partial charge >= 0.3 is 5.69 Å². The second-order valence-corrected chi connectivity index (χ2v) is 6.57. The topological polar surface area (TPSA) is 137 Å². The van der Waals surface area contributed by atoms with Crippen LogP contribution in [0.2, 0.25) is 0 Å². The number of nitrogens with zero attached hydrogens (tertiary/aromatic N) is 2. The van der Waals surface area contributed by atoms with Crippen LogP contribution in [0.15, 0.2) is 59.1 Å². The highest BCUT2D eigenvalue weighted by Gasteiger charge is 2.20. The Hall–Kier alpha value is -3.73. The molecule has 29 heavy (non-hydrogen) atoms. The summed E-state index contributed by atoms with van der Waals surface area (Å²) in [5, 5.41) is 23.8. The first-order valence-corrected chi connectivity index (χ1v) is 8.94. The van der Waals surface area contributed by atoms with Crippen LogP contribution in [0, 0.1) is 20.2 Å². The Kier molecular flexibility index (Phi) is 5.88. The number of carbonyl (C=O) groups excluding carboxylic acids is 1. The number of anilines is 1. The number of carbonyl (C=O) groups is 1. The lowest BCUT2D eigenvalue weighted by molar-refractivity contribution is -0.393. The van der Waals surface area contributed by atoms with Crippen LogP contribution >= 0.6 is 15.9 Å². The Morgan fingerprint density at radius 1 is 1.03 bits per heavy atom. The molecule has 3 aromatic rings. The van der Waals surface area contributed by atoms with Crippen molar-refractivity contribution in [1.29, 1.82) is 0 Å². The van der Waals surface area contributed by atoms with Crippen LogP contribution in [0.5, 0.6) is 5.75 Å². The molecule has 148 valence electrons. The maximum Gasteiger partial charge on any atom is 0.300 e. The second kappa shape index (κ2) is 8.52. The van der Waals surface area contributed by atoms with E-state index < -0.39 is 27.1 Å². The van der Waals surface area contributed by atoms with E-state index in [4.69, 9.17) is 4.74 Å². The Bertz CT molecular complexity index is 1120. The lowest BCUT2D eigenvalue weighted by atomic mass is 10.1. The molecule has 3 rings (SSSR count). The zero-order chi connectivity index (χ0) is 21.0. The van der Waals surface area contributed by atoms with Crippen molar-refractivity contribution < 1.29 is 19.4 Å². The zero-order valence-corrected chi connectivity index (χ0v) is 16.2. The first-order valence-electron chi connectivity index (χ1n) is 8.14. The fraction of sp³-hybridized carbons (Fsp3) is 0.0556. The molecule has 2 N–H and O–H groups in total. The van der Waals surface area contributed by atoms with E-state index in [1.165, 1.54) is 0 Å². The highest BCUT2D eigenvalue weighted by Crippen LogP contribution is 2.33. The van der Waals surface area contributed by atoms with E-state index in [0.29, 0.717) is 10.2 Å². The summed E-state index contributed by atoms with van der Waals surface area (Å²) < 4.78 is 6.20. The van der Waals surface area contributed by atoms with Crippen LogP contribution in [0.1, 0.15) is 0 Å². The number of nitrogens with one attached hydrogen (secondary N) is 2. The van der Waals surface area contributed by atoms with Crippen LogP contribution in [0.4, 0.5) is 17.1 Å². The first-order chi connectivity index (χ1) is 13.9. The van der Waals surface area contributed by atoms with E-state index in [9.17, 15) is 25.0 Å². The molecule has 0 aliphatic heterocycles. The van der Waals surface area contributed by atoms with Gasteiger partial charge in [0.05, 0.1) is 20.4 Å². The van der Waals surface area contributed by atoms with Gasteiger partial charge in [0, 0.05) is 6.07 Å². The molecular weight excluding hydrogens is 448 g/mol. The van der Waals surface area contributed by atoms with Crippen LogP contribution < -0.4 is 15.6 Å². The molecule has 0 spiro atoms. The number of ether oxygens (including phenoxy) is 1. The Labute approximate surface area is 171 Å². The molecule has 0 aliphatic carbocycles. The number of hydrogen-bond acceptors (Lipinski definition) is 7. The molecular formula is C18H13BrN4O6. The van der Waals surface area contributed by atoms with Crippen molar-refractivity contribution in [3.05, 3.63) is 79.3 Å². The summed E-state index contributed by atoms with van der Waals surface area (Å²) in [6, 6.07) is 14.2. The van der Waals surface area contributed by atoms with E-state index in [1.807, 2.05) is 30.3 Å². The van der Waals surface area contributed by atoms with Gasteiger partial charge in [0.1, 0.15) is 11.4 Å². The predicted octanol–water partition coefficient (Wildman–Crippen LogP) is 3.94. The van der Waals surface area contributed by atoms with E-state index in [1.54, 1.807) is 6.07 Å². The van der Waals surface area contributed by atoms with Gasteiger partial charge < -0.3 is 4.74 Å². The minimum absolute atomic E-state index is 0.0964. The summed E-state index contributed by atoms with van der Waals surface area (Å²) in [6.07, 6.45) is 0. The van der Waals surface area contributed by atoms with Gasteiger partial charge in [-0.1, -0.05) is 30.3 Å². The number of nitro benzene ring substituents is 2. The lowest BCUT2D eigenvalue weighted by Crippen LogP contribution is -2.33. The van der Waals surface area contributed by atoms with Crippen molar-refractivity contribution in [1.82, 2.24) is 5.43 Å². The average molecular weight is 461 g/mol. The van der Waals surface area contributed by atoms with Gasteiger partial charge in [0.15, 0.2) is 6.61 Å². The van der Waals surface area contributed by atoms with Gasteiger partial charge in [-0.3, -0.25) is 35.9 Å². The fourth-order valence-electron chi connectivity index (χ4n) is 2.53. The number of rotatable bonds is 7.